The maximum Gasteiger partial charge on any atom is 0.248 e. The summed E-state index contributed by atoms with van der Waals surface area (Å²) in [7, 11) is 7.93. The summed E-state index contributed by atoms with van der Waals surface area (Å²) < 4.78 is 5.61. The van der Waals surface area contributed by atoms with Crippen molar-refractivity contribution in [2.24, 2.45) is 35.5 Å². The van der Waals surface area contributed by atoms with Crippen LogP contribution in [0.2, 0.25) is 0 Å². The van der Waals surface area contributed by atoms with Crippen LogP contribution in [0.3, 0.4) is 0 Å². The van der Waals surface area contributed by atoms with Gasteiger partial charge in [-0.1, -0.05) is 88.3 Å². The molecule has 1 aliphatic rings. The van der Waals surface area contributed by atoms with Crippen LogP contribution in [0.15, 0.2) is 12.2 Å². The number of ether oxygens (including phenoxy) is 1. The molecule has 0 aromatic heterocycles. The summed E-state index contributed by atoms with van der Waals surface area (Å²) in [5, 5.41) is 39.4. The number of nitrogens with zero attached hydrogens (tertiary/aromatic N) is 5. The summed E-state index contributed by atoms with van der Waals surface area (Å²) in [6.45, 7) is 28.3. The minimum absolute atomic E-state index is 0.0811. The van der Waals surface area contributed by atoms with Crippen LogP contribution < -0.4 is 31.9 Å². The second-order valence-corrected chi connectivity index (χ2v) is 25.6. The molecule has 8 N–H and O–H groups in total. The van der Waals surface area contributed by atoms with Gasteiger partial charge in [-0.15, -0.1) is 0 Å². The Kier molecular flexibility index (Phi) is 32.2. The number of hydrogen-bond acceptors (Lipinski definition) is 14. The highest BCUT2D eigenvalue weighted by Crippen LogP contribution is 2.24. The molecule has 492 valence electrons. The summed E-state index contributed by atoms with van der Waals surface area (Å²) >= 11 is 0. The van der Waals surface area contributed by atoms with Crippen molar-refractivity contribution in [2.75, 3.05) is 42.3 Å². The monoisotopic (exact) mass is 1220 g/mol. The first-order valence-electron chi connectivity index (χ1n) is 30.4. The molecule has 0 unspecified atom stereocenters. The molecule has 0 bridgehead atoms. The normalized spacial score (nSPS) is 28.0. The fourth-order valence-corrected chi connectivity index (χ4v) is 10.4. The van der Waals surface area contributed by atoms with E-state index in [-0.39, 0.29) is 55.8 Å². The molecule has 1 aliphatic heterocycles. The molecule has 0 aromatic carbocycles. The van der Waals surface area contributed by atoms with Gasteiger partial charge in [0.05, 0.1) is 18.3 Å². The molecule has 1 heterocycles. The Labute approximate surface area is 512 Å². The van der Waals surface area contributed by atoms with Crippen LogP contribution in [0, 0.1) is 35.5 Å². The lowest BCUT2D eigenvalue weighted by atomic mass is 9.91. The van der Waals surface area contributed by atoms with Crippen LogP contribution in [0.4, 0.5) is 0 Å². The van der Waals surface area contributed by atoms with Crippen molar-refractivity contribution in [3.8, 4) is 0 Å². The largest absolute Gasteiger partial charge is 0.391 e. The average molecular weight is 1220 g/mol. The minimum atomic E-state index is -1.79. The van der Waals surface area contributed by atoms with Crippen molar-refractivity contribution in [3.63, 3.8) is 0 Å². The van der Waals surface area contributed by atoms with Gasteiger partial charge in [0.25, 0.3) is 0 Å². The molecule has 25 heteroatoms. The lowest BCUT2D eigenvalue weighted by Gasteiger charge is -2.40. The molecule has 86 heavy (non-hydrogen) atoms. The van der Waals surface area contributed by atoms with Crippen molar-refractivity contribution < 1.29 is 67.7 Å². The number of hydrogen-bond donors (Lipinski definition) is 8. The van der Waals surface area contributed by atoms with Crippen molar-refractivity contribution in [3.05, 3.63) is 12.2 Å². The Morgan fingerprint density at radius 3 is 1.31 bits per heavy atom. The van der Waals surface area contributed by atoms with Gasteiger partial charge in [0.15, 0.2) is 0 Å². The molecule has 1 saturated heterocycles. The molecule has 0 aromatic rings. The second kappa shape index (κ2) is 35.6. The van der Waals surface area contributed by atoms with E-state index in [1.807, 2.05) is 55.4 Å². The molecule has 1 fully saturated rings. The zero-order chi connectivity index (χ0) is 66.7. The number of likely N-dealkylation sites (N-methyl/N-ethyl adjacent to an activating group) is 5. The Morgan fingerprint density at radius 1 is 0.453 bits per heavy atom. The number of allylic oxidation sites excluding steroid dienone is 2. The van der Waals surface area contributed by atoms with Crippen molar-refractivity contribution in [1.29, 1.82) is 0 Å². The number of amides is 11. The predicted molar refractivity (Wildman–Crippen MR) is 327 cm³/mol. The van der Waals surface area contributed by atoms with E-state index in [1.54, 1.807) is 39.8 Å². The maximum absolute atomic E-state index is 15.1. The van der Waals surface area contributed by atoms with Crippen LogP contribution in [0.1, 0.15) is 150 Å². The molecular formula is C61H109N11O14. The zero-order valence-electron chi connectivity index (χ0n) is 55.8. The quantitative estimate of drug-likeness (QED) is 0.101. The maximum atomic E-state index is 15.1. The molecule has 0 saturated carbocycles. The molecular weight excluding hydrogens is 1110 g/mol. The number of methoxy groups -OCH3 is 1. The molecule has 0 spiro atoms. The molecule has 0 aliphatic carbocycles. The summed E-state index contributed by atoms with van der Waals surface area (Å²) in [5.74, 6) is -10.8. The van der Waals surface area contributed by atoms with Gasteiger partial charge in [-0.2, -0.15) is 0 Å². The Morgan fingerprint density at radius 2 is 0.860 bits per heavy atom. The fourth-order valence-electron chi connectivity index (χ4n) is 10.4. The Bertz CT molecular complexity index is 2350. The van der Waals surface area contributed by atoms with Crippen molar-refractivity contribution in [2.45, 2.75) is 235 Å². The van der Waals surface area contributed by atoms with Gasteiger partial charge in [0.1, 0.15) is 66.5 Å². The minimum Gasteiger partial charge on any atom is -0.391 e. The van der Waals surface area contributed by atoms with E-state index in [2.05, 4.69) is 31.9 Å². The molecule has 11 amide bonds. The van der Waals surface area contributed by atoms with E-state index in [0.29, 0.717) is 0 Å². The van der Waals surface area contributed by atoms with Crippen molar-refractivity contribution >= 4 is 65.0 Å². The highest BCUT2D eigenvalue weighted by Gasteiger charge is 2.46. The summed E-state index contributed by atoms with van der Waals surface area (Å²) in [6.07, 6.45) is -0.123. The highest BCUT2D eigenvalue weighted by atomic mass is 16.5. The first kappa shape index (κ1) is 77.8. The van der Waals surface area contributed by atoms with Crippen LogP contribution in [-0.2, 0) is 57.5 Å². The first-order valence-corrected chi connectivity index (χ1v) is 30.4. The summed E-state index contributed by atoms with van der Waals surface area (Å²) in [5.41, 5.74) is 0. The average Bonchev–Trinajstić information content (AvgIpc) is 1.73. The highest BCUT2D eigenvalue weighted by molar-refractivity contribution is 6.00. The smallest absolute Gasteiger partial charge is 0.248 e. The fraction of sp³-hybridized carbons (Fsp3) is 0.787. The third-order valence-corrected chi connectivity index (χ3v) is 15.8. The molecule has 1 rings (SSSR count). The number of nitrogens with one attached hydrogen (secondary N) is 6. The van der Waals surface area contributed by atoms with E-state index in [4.69, 9.17) is 4.74 Å². The summed E-state index contributed by atoms with van der Waals surface area (Å²) in [4.78, 5) is 165. The molecule has 0 radical (unpaired) electrons. The van der Waals surface area contributed by atoms with Gasteiger partial charge in [-0.05, 0) is 109 Å². The van der Waals surface area contributed by atoms with Gasteiger partial charge in [0.2, 0.25) is 65.0 Å². The number of carbonyl (C=O) groups excluding carboxylic acids is 11. The lowest BCUT2D eigenvalue weighted by molar-refractivity contribution is -0.155. The van der Waals surface area contributed by atoms with Gasteiger partial charge >= 0.3 is 0 Å². The van der Waals surface area contributed by atoms with E-state index in [9.17, 15) is 58.2 Å². The first-order chi connectivity index (χ1) is 39.7. The topological polar surface area (TPSA) is 326 Å². The predicted octanol–water partition coefficient (Wildman–Crippen LogP) is 1.32. The SMILES string of the molecule is C/C=C/C[C@@H](C)[C@@H](O)[C@H]1C(=O)N[C@@H]([C@@H](C)O)C(=O)N(C)[C@H](C)C(=O)N(C)[C@@H]([C@@H](C)OC)C(=O)N[C@@H](CC(C)C)C(=O)N(C)[C@@H](CC(C)C)C(=O)N[C@@H](C)C(=O)N[C@H](C)C(=O)N[C@@H](CC(C)C)C(=O)N[C@@H](CC(C)C)C(=O)N(C)[C@@H](C(C)C)C(=O)N1C. The van der Waals surface area contributed by atoms with Gasteiger partial charge in [-0.25, -0.2) is 0 Å². The number of carbonyl (C=O) groups is 11. The third kappa shape index (κ3) is 22.2. The zero-order valence-corrected chi connectivity index (χ0v) is 55.8. The molecule has 15 atom stereocenters. The van der Waals surface area contributed by atoms with E-state index >= 15 is 4.79 Å². The third-order valence-electron chi connectivity index (χ3n) is 15.8. The van der Waals surface area contributed by atoms with Gasteiger partial charge in [0, 0.05) is 42.3 Å². The van der Waals surface area contributed by atoms with E-state index in [1.165, 1.54) is 86.8 Å². The number of aliphatic hydroxyl groups excluding tert-OH is 2. The van der Waals surface area contributed by atoms with E-state index < -0.39 is 162 Å². The summed E-state index contributed by atoms with van der Waals surface area (Å²) in [6, 6.07) is -15.1. The second-order valence-electron chi connectivity index (χ2n) is 25.6. The molecule has 25 nitrogen and oxygen atoms in total. The van der Waals surface area contributed by atoms with E-state index in [0.717, 1.165) is 14.7 Å². The standard InChI is InChI=1S/C61H109N11O14/c1-24-25-26-36(12)50(74)49-56(80)67-46(40(16)73)60(84)68(18)39(15)57(81)71(21)48(41(17)86-23)55(79)66-43(28-32(4)5)58(82)69(19)45(30-34(8)9)54(78)63-37(13)51(75)62-38(14)52(76)64-42(27-31(2)3)53(77)65-44(29-33(6)7)59(83)70(20)47(35(10)11)61(85)72(49)22/h24-25,31-50,73-74H,26-30H2,1-23H3,(H,62,75)(H,63,78)(H,64,76)(H,65,77)(H,66,79)(H,67,80)/b25-24+/t36-,37+,38-,39-,40-,41-,42+,43+,44+,45+,46+,47+,48+,49+,50-/m1/s1. The van der Waals surface area contributed by atoms with Gasteiger partial charge in [-0.3, -0.25) is 52.7 Å². The van der Waals surface area contributed by atoms with Gasteiger partial charge < -0.3 is 71.4 Å². The van der Waals surface area contributed by atoms with Crippen LogP contribution in [0.25, 0.3) is 0 Å². The number of aliphatic hydroxyl groups is 2. The van der Waals surface area contributed by atoms with Crippen molar-refractivity contribution in [1.82, 2.24) is 56.4 Å². The van der Waals surface area contributed by atoms with Crippen LogP contribution in [0.5, 0.6) is 0 Å². The lowest BCUT2D eigenvalue weighted by Crippen LogP contribution is -2.65. The Balaban J connectivity index is 4.35. The Hall–Kier alpha value is -6.21. The number of rotatable bonds is 16. The van der Waals surface area contributed by atoms with Crippen LogP contribution >= 0.6 is 0 Å². The van der Waals surface area contributed by atoms with Crippen LogP contribution in [-0.4, -0.2) is 227 Å².